The summed E-state index contributed by atoms with van der Waals surface area (Å²) in [6, 6.07) is 6.04. The third kappa shape index (κ3) is 5.66. The lowest BCUT2D eigenvalue weighted by Crippen LogP contribution is -2.49. The molecule has 0 spiro atoms. The van der Waals surface area contributed by atoms with Gasteiger partial charge in [0.1, 0.15) is 5.82 Å². The van der Waals surface area contributed by atoms with Crippen molar-refractivity contribution in [2.45, 2.75) is 52.2 Å². The van der Waals surface area contributed by atoms with E-state index in [0.29, 0.717) is 30.6 Å². The normalized spacial score (nSPS) is 28.1. The second kappa shape index (κ2) is 8.68. The van der Waals surface area contributed by atoms with Gasteiger partial charge in [-0.2, -0.15) is 0 Å². The maximum Gasteiger partial charge on any atom is 0.128 e. The second-order valence-electron chi connectivity index (χ2n) is 9.00. The molecule has 2 fully saturated rings. The van der Waals surface area contributed by atoms with E-state index >= 15 is 0 Å². The van der Waals surface area contributed by atoms with Crippen molar-refractivity contribution in [3.05, 3.63) is 24.4 Å². The molecule has 1 aliphatic heterocycles. The Hall–Kier alpha value is -1.17. The molecular weight excluding hydrogens is 326 g/mol. The van der Waals surface area contributed by atoms with Gasteiger partial charge in [0.2, 0.25) is 0 Å². The van der Waals surface area contributed by atoms with Crippen molar-refractivity contribution in [1.29, 1.82) is 0 Å². The van der Waals surface area contributed by atoms with Gasteiger partial charge in [-0.05, 0) is 42.7 Å². The van der Waals surface area contributed by atoms with E-state index in [1.807, 2.05) is 18.3 Å². The van der Waals surface area contributed by atoms with Crippen LogP contribution in [-0.2, 0) is 4.74 Å². The predicted molar refractivity (Wildman–Crippen MR) is 105 cm³/mol. The first kappa shape index (κ1) is 19.6. The first-order valence-corrected chi connectivity index (χ1v) is 10.1. The van der Waals surface area contributed by atoms with Crippen LogP contribution < -0.4 is 4.90 Å². The van der Waals surface area contributed by atoms with E-state index in [0.717, 1.165) is 44.8 Å². The smallest absolute Gasteiger partial charge is 0.128 e. The largest absolute Gasteiger partial charge is 0.389 e. The highest BCUT2D eigenvalue weighted by atomic mass is 16.5. The zero-order valence-corrected chi connectivity index (χ0v) is 16.6. The fraction of sp³-hybridized carbons (Fsp3) is 0.762. The summed E-state index contributed by atoms with van der Waals surface area (Å²) in [7, 11) is 0. The molecule has 1 saturated heterocycles. The van der Waals surface area contributed by atoms with Crippen LogP contribution in [0.4, 0.5) is 5.82 Å². The van der Waals surface area contributed by atoms with Crippen LogP contribution in [0.1, 0.15) is 40.0 Å². The fourth-order valence-electron chi connectivity index (χ4n) is 4.68. The molecule has 0 amide bonds. The molecule has 1 saturated carbocycles. The molecule has 1 aromatic rings. The first-order chi connectivity index (χ1) is 12.4. The summed E-state index contributed by atoms with van der Waals surface area (Å²) in [5.41, 5.74) is 0.356. The maximum absolute atomic E-state index is 10.4. The number of hydrogen-bond acceptors (Lipinski definition) is 5. The number of aromatic nitrogens is 1. The molecule has 5 nitrogen and oxygen atoms in total. The monoisotopic (exact) mass is 361 g/mol. The van der Waals surface area contributed by atoms with E-state index in [9.17, 15) is 5.11 Å². The van der Waals surface area contributed by atoms with Crippen molar-refractivity contribution in [2.24, 2.45) is 11.3 Å². The number of hydrogen-bond donors (Lipinski definition) is 1. The molecule has 0 unspecified atom stereocenters. The van der Waals surface area contributed by atoms with Gasteiger partial charge >= 0.3 is 0 Å². The molecule has 0 radical (unpaired) electrons. The topological polar surface area (TPSA) is 48.8 Å². The van der Waals surface area contributed by atoms with E-state index in [4.69, 9.17) is 4.74 Å². The zero-order chi connectivity index (χ0) is 18.6. The molecule has 2 heterocycles. The quantitative estimate of drug-likeness (QED) is 0.844. The summed E-state index contributed by atoms with van der Waals surface area (Å²) in [5, 5.41) is 10.4. The van der Waals surface area contributed by atoms with Crippen LogP contribution in [0.3, 0.4) is 0 Å². The zero-order valence-electron chi connectivity index (χ0n) is 16.6. The molecule has 1 aliphatic carbocycles. The van der Waals surface area contributed by atoms with Crippen LogP contribution in [-0.4, -0.2) is 66.5 Å². The third-order valence-electron chi connectivity index (χ3n) is 5.69. The van der Waals surface area contributed by atoms with Crippen molar-refractivity contribution in [3.63, 3.8) is 0 Å². The second-order valence-corrected chi connectivity index (χ2v) is 9.00. The Morgan fingerprint density at radius 2 is 2.00 bits per heavy atom. The summed E-state index contributed by atoms with van der Waals surface area (Å²) in [6.07, 6.45) is 5.24. The minimum atomic E-state index is -0.406. The van der Waals surface area contributed by atoms with E-state index in [-0.39, 0.29) is 0 Å². The van der Waals surface area contributed by atoms with Crippen LogP contribution in [0.25, 0.3) is 0 Å². The highest BCUT2D eigenvalue weighted by molar-refractivity contribution is 5.38. The van der Waals surface area contributed by atoms with Crippen LogP contribution in [0.15, 0.2) is 24.4 Å². The van der Waals surface area contributed by atoms with Crippen LogP contribution in [0, 0.1) is 11.3 Å². The Balaban J connectivity index is 1.37. The summed E-state index contributed by atoms with van der Waals surface area (Å²) in [6.45, 7) is 12.0. The Bertz CT molecular complexity index is 543. The minimum absolute atomic E-state index is 0.296. The lowest BCUT2D eigenvalue weighted by molar-refractivity contribution is -0.0615. The number of β-amino-alcohol motifs (C(OH)–C–C–N with tert-alkyl or cyclic N) is 1. The van der Waals surface area contributed by atoms with Crippen molar-refractivity contribution in [1.82, 2.24) is 9.88 Å². The van der Waals surface area contributed by atoms with Crippen LogP contribution in [0.2, 0.25) is 0 Å². The number of pyridine rings is 1. The number of aliphatic hydroxyl groups excluding tert-OH is 1. The van der Waals surface area contributed by atoms with Gasteiger partial charge in [0.05, 0.1) is 18.8 Å². The molecule has 2 aliphatic rings. The number of anilines is 1. The Kier molecular flexibility index (Phi) is 6.54. The Labute approximate surface area is 158 Å². The highest BCUT2D eigenvalue weighted by Crippen LogP contribution is 2.39. The highest BCUT2D eigenvalue weighted by Gasteiger charge is 2.32. The summed E-state index contributed by atoms with van der Waals surface area (Å²) in [4.78, 5) is 9.07. The van der Waals surface area contributed by atoms with Gasteiger partial charge in [0.25, 0.3) is 0 Å². The van der Waals surface area contributed by atoms with Gasteiger partial charge in [0, 0.05) is 38.9 Å². The van der Waals surface area contributed by atoms with Crippen molar-refractivity contribution >= 4 is 5.82 Å². The first-order valence-electron chi connectivity index (χ1n) is 10.1. The van der Waals surface area contributed by atoms with Crippen LogP contribution >= 0.6 is 0 Å². The van der Waals surface area contributed by atoms with E-state index in [2.05, 4.69) is 41.6 Å². The SMILES string of the molecule is C[C@@H]1C[C@H](OC[C@@H](O)CN2CCN(c3ccccn3)CC2)CC(C)(C)C1. The average Bonchev–Trinajstić information content (AvgIpc) is 2.60. The molecule has 26 heavy (non-hydrogen) atoms. The molecule has 146 valence electrons. The molecule has 0 aromatic carbocycles. The molecule has 0 bridgehead atoms. The summed E-state index contributed by atoms with van der Waals surface area (Å²) >= 11 is 0. The van der Waals surface area contributed by atoms with Gasteiger partial charge in [-0.1, -0.05) is 26.8 Å². The van der Waals surface area contributed by atoms with E-state index < -0.39 is 6.10 Å². The average molecular weight is 362 g/mol. The number of rotatable bonds is 6. The van der Waals surface area contributed by atoms with Gasteiger partial charge in [-0.15, -0.1) is 0 Å². The number of nitrogens with zero attached hydrogens (tertiary/aromatic N) is 3. The Morgan fingerprint density at radius 1 is 1.23 bits per heavy atom. The molecule has 1 N–H and O–H groups in total. The molecule has 1 aromatic heterocycles. The molecule has 5 heteroatoms. The summed E-state index contributed by atoms with van der Waals surface area (Å²) in [5.74, 6) is 1.76. The molecular formula is C21H35N3O2. The fourth-order valence-corrected chi connectivity index (χ4v) is 4.68. The lowest BCUT2D eigenvalue weighted by Gasteiger charge is -2.39. The van der Waals surface area contributed by atoms with Crippen molar-refractivity contribution in [3.8, 4) is 0 Å². The van der Waals surface area contributed by atoms with E-state index in [1.54, 1.807) is 0 Å². The van der Waals surface area contributed by atoms with Gasteiger partial charge in [-0.25, -0.2) is 4.98 Å². The standard InChI is InChI=1S/C21H35N3O2/c1-17-12-19(14-21(2,3)13-17)26-16-18(25)15-23-8-10-24(11-9-23)20-6-4-5-7-22-20/h4-7,17-19,25H,8-16H2,1-3H3/t17-,18+,19+/m1/s1. The molecule has 3 atom stereocenters. The lowest BCUT2D eigenvalue weighted by atomic mass is 9.71. The van der Waals surface area contributed by atoms with Gasteiger partial charge in [0.15, 0.2) is 0 Å². The number of ether oxygens (including phenoxy) is 1. The molecule has 3 rings (SSSR count). The Morgan fingerprint density at radius 3 is 2.65 bits per heavy atom. The van der Waals surface area contributed by atoms with Gasteiger partial charge in [-0.3, -0.25) is 4.90 Å². The maximum atomic E-state index is 10.4. The number of aliphatic hydroxyl groups is 1. The van der Waals surface area contributed by atoms with Crippen LogP contribution in [0.5, 0.6) is 0 Å². The van der Waals surface area contributed by atoms with Crippen molar-refractivity contribution < 1.29 is 9.84 Å². The van der Waals surface area contributed by atoms with Crippen molar-refractivity contribution in [2.75, 3.05) is 44.2 Å². The minimum Gasteiger partial charge on any atom is -0.389 e. The summed E-state index contributed by atoms with van der Waals surface area (Å²) < 4.78 is 6.09. The number of piperazine rings is 1. The van der Waals surface area contributed by atoms with E-state index in [1.165, 1.54) is 6.42 Å². The predicted octanol–water partition coefficient (Wildman–Crippen LogP) is 2.80. The van der Waals surface area contributed by atoms with Gasteiger partial charge < -0.3 is 14.7 Å². The third-order valence-corrected chi connectivity index (χ3v) is 5.69.